The predicted octanol–water partition coefficient (Wildman–Crippen LogP) is 1.54. The van der Waals surface area contributed by atoms with Crippen molar-refractivity contribution in [1.29, 1.82) is 0 Å². The van der Waals surface area contributed by atoms with Gasteiger partial charge in [-0.15, -0.1) is 0 Å². The van der Waals surface area contributed by atoms with Crippen LogP contribution in [0.3, 0.4) is 0 Å². The minimum Gasteiger partial charge on any atom is -0.478 e. The summed E-state index contributed by atoms with van der Waals surface area (Å²) >= 11 is 0. The van der Waals surface area contributed by atoms with E-state index in [1.165, 1.54) is 12.1 Å². The maximum Gasteiger partial charge on any atom is 0.263 e. The molecule has 0 unspecified atom stereocenters. The van der Waals surface area contributed by atoms with Crippen LogP contribution in [0.15, 0.2) is 24.3 Å². The molecule has 1 saturated heterocycles. The second-order valence-corrected chi connectivity index (χ2v) is 4.78. The number of para-hydroxylation sites is 1. The average molecular weight is 266 g/mol. The van der Waals surface area contributed by atoms with Gasteiger partial charge in [0.2, 0.25) is 0 Å². The van der Waals surface area contributed by atoms with E-state index >= 15 is 0 Å². The Morgan fingerprint density at radius 3 is 2.89 bits per heavy atom. The lowest BCUT2D eigenvalue weighted by molar-refractivity contribution is -0.137. The van der Waals surface area contributed by atoms with Gasteiger partial charge < -0.3 is 15.4 Å². The van der Waals surface area contributed by atoms with E-state index in [4.69, 9.17) is 10.5 Å². The Kier molecular flexibility index (Phi) is 4.37. The minimum atomic E-state index is -0.651. The highest BCUT2D eigenvalue weighted by molar-refractivity contribution is 5.81. The SMILES string of the molecule is CC[C@@H](Oc1ccccc1F)C(=O)N1CC[C@@H](N)C1. The molecule has 0 bridgehead atoms. The highest BCUT2D eigenvalue weighted by Gasteiger charge is 2.30. The molecule has 19 heavy (non-hydrogen) atoms. The molecule has 0 spiro atoms. The van der Waals surface area contributed by atoms with Crippen molar-refractivity contribution in [2.75, 3.05) is 13.1 Å². The molecular weight excluding hydrogens is 247 g/mol. The van der Waals surface area contributed by atoms with E-state index in [9.17, 15) is 9.18 Å². The van der Waals surface area contributed by atoms with E-state index in [1.807, 2.05) is 6.92 Å². The van der Waals surface area contributed by atoms with Gasteiger partial charge in [0.15, 0.2) is 17.7 Å². The van der Waals surface area contributed by atoms with Gasteiger partial charge in [-0.2, -0.15) is 0 Å². The first kappa shape index (κ1) is 13.8. The Morgan fingerprint density at radius 2 is 2.32 bits per heavy atom. The minimum absolute atomic E-state index is 0.0370. The number of hydrogen-bond donors (Lipinski definition) is 1. The molecule has 1 heterocycles. The summed E-state index contributed by atoms with van der Waals surface area (Å²) in [7, 11) is 0. The molecule has 1 aliphatic rings. The van der Waals surface area contributed by atoms with Gasteiger partial charge in [0.1, 0.15) is 0 Å². The van der Waals surface area contributed by atoms with Crippen molar-refractivity contribution in [3.05, 3.63) is 30.1 Å². The summed E-state index contributed by atoms with van der Waals surface area (Å²) in [5.74, 6) is -0.447. The summed E-state index contributed by atoms with van der Waals surface area (Å²) in [6, 6.07) is 6.15. The molecular formula is C14H19FN2O2. The van der Waals surface area contributed by atoms with Gasteiger partial charge in [-0.25, -0.2) is 4.39 Å². The Bertz CT molecular complexity index is 453. The zero-order valence-electron chi connectivity index (χ0n) is 11.0. The van der Waals surface area contributed by atoms with Crippen molar-refractivity contribution >= 4 is 5.91 Å². The summed E-state index contributed by atoms with van der Waals surface area (Å²) in [6.45, 7) is 3.05. The van der Waals surface area contributed by atoms with Crippen molar-refractivity contribution in [1.82, 2.24) is 4.90 Å². The summed E-state index contributed by atoms with van der Waals surface area (Å²) in [5, 5.41) is 0. The van der Waals surface area contributed by atoms with Crippen LogP contribution in [0.4, 0.5) is 4.39 Å². The van der Waals surface area contributed by atoms with Crippen LogP contribution < -0.4 is 10.5 Å². The first-order valence-electron chi connectivity index (χ1n) is 6.57. The summed E-state index contributed by atoms with van der Waals surface area (Å²) < 4.78 is 19.0. The fraction of sp³-hybridized carbons (Fsp3) is 0.500. The van der Waals surface area contributed by atoms with Gasteiger partial charge in [0, 0.05) is 19.1 Å². The fourth-order valence-corrected chi connectivity index (χ4v) is 2.19. The van der Waals surface area contributed by atoms with Gasteiger partial charge in [0.25, 0.3) is 5.91 Å². The molecule has 0 saturated carbocycles. The molecule has 4 nitrogen and oxygen atoms in total. The molecule has 1 fully saturated rings. The number of likely N-dealkylation sites (tertiary alicyclic amines) is 1. The van der Waals surface area contributed by atoms with Gasteiger partial charge in [-0.1, -0.05) is 19.1 Å². The number of carbonyl (C=O) groups is 1. The van der Waals surface area contributed by atoms with Crippen LogP contribution in [0, 0.1) is 5.82 Å². The zero-order chi connectivity index (χ0) is 13.8. The quantitative estimate of drug-likeness (QED) is 0.899. The van der Waals surface area contributed by atoms with Crippen molar-refractivity contribution in [3.63, 3.8) is 0 Å². The van der Waals surface area contributed by atoms with Gasteiger partial charge in [-0.3, -0.25) is 4.79 Å². The molecule has 0 aromatic heterocycles. The number of ether oxygens (including phenoxy) is 1. The van der Waals surface area contributed by atoms with Crippen LogP contribution in [0.5, 0.6) is 5.75 Å². The summed E-state index contributed by atoms with van der Waals surface area (Å²) in [4.78, 5) is 14.0. The monoisotopic (exact) mass is 266 g/mol. The van der Waals surface area contributed by atoms with Gasteiger partial charge >= 0.3 is 0 Å². The number of hydrogen-bond acceptors (Lipinski definition) is 3. The second-order valence-electron chi connectivity index (χ2n) is 4.78. The van der Waals surface area contributed by atoms with E-state index in [1.54, 1.807) is 17.0 Å². The number of carbonyl (C=O) groups excluding carboxylic acids is 1. The molecule has 0 aliphatic carbocycles. The lowest BCUT2D eigenvalue weighted by Gasteiger charge is -2.23. The number of amides is 1. The van der Waals surface area contributed by atoms with Crippen molar-refractivity contribution in [2.45, 2.75) is 31.9 Å². The maximum absolute atomic E-state index is 13.5. The Balaban J connectivity index is 2.04. The van der Waals surface area contributed by atoms with E-state index in [0.717, 1.165) is 6.42 Å². The first-order valence-corrected chi connectivity index (χ1v) is 6.57. The van der Waals surface area contributed by atoms with Crippen LogP contribution >= 0.6 is 0 Å². The molecule has 0 radical (unpaired) electrons. The van der Waals surface area contributed by atoms with Crippen LogP contribution in [0.1, 0.15) is 19.8 Å². The van der Waals surface area contributed by atoms with Crippen molar-refractivity contribution in [2.24, 2.45) is 5.73 Å². The largest absolute Gasteiger partial charge is 0.478 e. The van der Waals surface area contributed by atoms with E-state index in [2.05, 4.69) is 0 Å². The average Bonchev–Trinajstić information content (AvgIpc) is 2.84. The van der Waals surface area contributed by atoms with Crippen LogP contribution in [-0.2, 0) is 4.79 Å². The normalized spacial score (nSPS) is 20.4. The lowest BCUT2D eigenvalue weighted by atomic mass is 10.2. The first-order chi connectivity index (χ1) is 9.11. The Labute approximate surface area is 112 Å². The zero-order valence-corrected chi connectivity index (χ0v) is 11.0. The molecule has 2 rings (SSSR count). The van der Waals surface area contributed by atoms with Crippen LogP contribution in [0.2, 0.25) is 0 Å². The number of halogens is 1. The maximum atomic E-state index is 13.5. The number of rotatable bonds is 4. The Hall–Kier alpha value is -1.62. The van der Waals surface area contributed by atoms with Crippen LogP contribution in [-0.4, -0.2) is 36.0 Å². The fourth-order valence-electron chi connectivity index (χ4n) is 2.19. The topological polar surface area (TPSA) is 55.6 Å². The van der Waals surface area contributed by atoms with Gasteiger partial charge in [0.05, 0.1) is 0 Å². The Morgan fingerprint density at radius 1 is 1.58 bits per heavy atom. The molecule has 1 aromatic carbocycles. The molecule has 1 aliphatic heterocycles. The van der Waals surface area contributed by atoms with E-state index in [0.29, 0.717) is 19.5 Å². The molecule has 1 aromatic rings. The molecule has 2 atom stereocenters. The smallest absolute Gasteiger partial charge is 0.263 e. The highest BCUT2D eigenvalue weighted by atomic mass is 19.1. The molecule has 2 N–H and O–H groups in total. The number of benzene rings is 1. The van der Waals surface area contributed by atoms with E-state index < -0.39 is 11.9 Å². The summed E-state index contributed by atoms with van der Waals surface area (Å²) in [6.07, 6.45) is 0.656. The van der Waals surface area contributed by atoms with Crippen LogP contribution in [0.25, 0.3) is 0 Å². The third kappa shape index (κ3) is 3.23. The standard InChI is InChI=1S/C14H19FN2O2/c1-2-12(14(18)17-8-7-10(16)9-17)19-13-6-4-3-5-11(13)15/h3-6,10,12H,2,7-9,16H2,1H3/t10-,12-/m1/s1. The lowest BCUT2D eigenvalue weighted by Crippen LogP contribution is -2.41. The molecule has 5 heteroatoms. The van der Waals surface area contributed by atoms with Crippen molar-refractivity contribution in [3.8, 4) is 5.75 Å². The van der Waals surface area contributed by atoms with E-state index in [-0.39, 0.29) is 17.7 Å². The molecule has 104 valence electrons. The third-order valence-electron chi connectivity index (χ3n) is 3.29. The summed E-state index contributed by atoms with van der Waals surface area (Å²) in [5.41, 5.74) is 5.79. The van der Waals surface area contributed by atoms with Gasteiger partial charge in [-0.05, 0) is 25.0 Å². The molecule has 1 amide bonds. The predicted molar refractivity (Wildman–Crippen MR) is 70.3 cm³/mol. The number of nitrogens with zero attached hydrogens (tertiary/aromatic N) is 1. The number of nitrogens with two attached hydrogens (primary N) is 1. The van der Waals surface area contributed by atoms with Crippen molar-refractivity contribution < 1.29 is 13.9 Å². The highest BCUT2D eigenvalue weighted by Crippen LogP contribution is 2.20. The third-order valence-corrected chi connectivity index (χ3v) is 3.29. The second kappa shape index (κ2) is 6.02.